The van der Waals surface area contributed by atoms with Crippen molar-refractivity contribution in [2.24, 2.45) is 7.05 Å². The zero-order chi connectivity index (χ0) is 14.1. The number of rotatable bonds is 10. The fourth-order valence-electron chi connectivity index (χ4n) is 1.65. The normalized spacial score (nSPS) is 11.2. The maximum atomic E-state index is 5.64. The topological polar surface area (TPSA) is 45.5 Å². The Morgan fingerprint density at radius 2 is 1.89 bits per heavy atom. The van der Waals surface area contributed by atoms with Crippen LogP contribution in [0.1, 0.15) is 24.7 Å². The second kappa shape index (κ2) is 9.47. The van der Waals surface area contributed by atoms with Crippen LogP contribution in [0.15, 0.2) is 4.47 Å². The van der Waals surface area contributed by atoms with Crippen molar-refractivity contribution in [3.05, 3.63) is 15.9 Å². The van der Waals surface area contributed by atoms with Gasteiger partial charge in [-0.05, 0) is 28.8 Å². The molecule has 0 unspecified atom stereocenters. The molecule has 1 aromatic rings. The fraction of sp³-hybridized carbons (Fsp3) is 0.769. The molecule has 0 saturated heterocycles. The molecule has 19 heavy (non-hydrogen) atoms. The highest BCUT2D eigenvalue weighted by Crippen LogP contribution is 2.22. The minimum absolute atomic E-state index is 0.572. The zero-order valence-corrected chi connectivity index (χ0v) is 13.5. The van der Waals surface area contributed by atoms with Gasteiger partial charge in [0.05, 0.1) is 35.7 Å². The molecule has 0 amide bonds. The Morgan fingerprint density at radius 1 is 1.16 bits per heavy atom. The van der Waals surface area contributed by atoms with E-state index in [4.69, 9.17) is 14.2 Å². The van der Waals surface area contributed by atoms with E-state index in [1.54, 1.807) is 7.11 Å². The lowest BCUT2D eigenvalue weighted by molar-refractivity contribution is 0.0472. The van der Waals surface area contributed by atoms with Crippen molar-refractivity contribution in [2.75, 3.05) is 33.5 Å². The van der Waals surface area contributed by atoms with Gasteiger partial charge in [-0.25, -0.2) is 0 Å². The largest absolute Gasteiger partial charge is 0.382 e. The van der Waals surface area contributed by atoms with E-state index in [1.165, 1.54) is 0 Å². The summed E-state index contributed by atoms with van der Waals surface area (Å²) in [7, 11) is 3.61. The predicted octanol–water partition coefficient (Wildman–Crippen LogP) is 2.31. The van der Waals surface area contributed by atoms with Crippen molar-refractivity contribution < 1.29 is 14.2 Å². The van der Waals surface area contributed by atoms with Crippen LogP contribution in [0, 0.1) is 0 Å². The number of ether oxygens (including phenoxy) is 3. The molecule has 110 valence electrons. The quantitative estimate of drug-likeness (QED) is 0.616. The molecule has 1 heterocycles. The van der Waals surface area contributed by atoms with Crippen molar-refractivity contribution in [3.8, 4) is 0 Å². The molecule has 0 aliphatic heterocycles. The van der Waals surface area contributed by atoms with Gasteiger partial charge in [0, 0.05) is 27.4 Å². The van der Waals surface area contributed by atoms with Crippen molar-refractivity contribution in [1.82, 2.24) is 9.78 Å². The van der Waals surface area contributed by atoms with E-state index in [0.29, 0.717) is 33.0 Å². The minimum Gasteiger partial charge on any atom is -0.382 e. The monoisotopic (exact) mass is 334 g/mol. The minimum atomic E-state index is 0.572. The smallest absolute Gasteiger partial charge is 0.0896 e. The van der Waals surface area contributed by atoms with E-state index in [-0.39, 0.29) is 0 Å². The first-order valence-electron chi connectivity index (χ1n) is 6.55. The molecule has 0 saturated carbocycles. The summed E-state index contributed by atoms with van der Waals surface area (Å²) < 4.78 is 18.8. The first-order valence-corrected chi connectivity index (χ1v) is 7.34. The molecule has 0 radical (unpaired) electrons. The Morgan fingerprint density at radius 3 is 2.53 bits per heavy atom. The van der Waals surface area contributed by atoms with E-state index in [9.17, 15) is 0 Å². The predicted molar refractivity (Wildman–Crippen MR) is 77.3 cm³/mol. The van der Waals surface area contributed by atoms with Crippen molar-refractivity contribution in [1.29, 1.82) is 0 Å². The van der Waals surface area contributed by atoms with Crippen molar-refractivity contribution in [2.45, 2.75) is 26.4 Å². The lowest BCUT2D eigenvalue weighted by Gasteiger charge is -2.06. The number of hydrogen-bond donors (Lipinski definition) is 0. The summed E-state index contributed by atoms with van der Waals surface area (Å²) in [6.07, 6.45) is 1.81. The molecule has 1 rings (SSSR count). The van der Waals surface area contributed by atoms with E-state index >= 15 is 0 Å². The fourth-order valence-corrected chi connectivity index (χ4v) is 2.38. The summed E-state index contributed by atoms with van der Waals surface area (Å²) in [4.78, 5) is 0. The van der Waals surface area contributed by atoms with Crippen LogP contribution in [0.5, 0.6) is 0 Å². The molecule has 0 aliphatic rings. The van der Waals surface area contributed by atoms with E-state index in [1.807, 2.05) is 11.7 Å². The number of hydrogen-bond acceptors (Lipinski definition) is 4. The van der Waals surface area contributed by atoms with Gasteiger partial charge in [-0.15, -0.1) is 0 Å². The number of nitrogens with zero attached hydrogens (tertiary/aromatic N) is 2. The van der Waals surface area contributed by atoms with Gasteiger partial charge in [0.2, 0.25) is 0 Å². The van der Waals surface area contributed by atoms with Gasteiger partial charge in [-0.3, -0.25) is 4.68 Å². The number of aryl methyl sites for hydroxylation is 2. The Kier molecular flexibility index (Phi) is 8.29. The number of aromatic nitrogens is 2. The molecule has 0 bridgehead atoms. The molecular formula is C13H23BrN2O3. The first kappa shape index (κ1) is 16.6. The highest BCUT2D eigenvalue weighted by molar-refractivity contribution is 9.10. The number of halogens is 1. The zero-order valence-electron chi connectivity index (χ0n) is 11.9. The molecule has 5 nitrogen and oxygen atoms in total. The van der Waals surface area contributed by atoms with Gasteiger partial charge in [-0.1, -0.05) is 6.92 Å². The molecule has 0 atom stereocenters. The Bertz CT molecular complexity index is 369. The second-order valence-electron chi connectivity index (χ2n) is 4.20. The highest BCUT2D eigenvalue weighted by atomic mass is 79.9. The molecule has 0 fully saturated rings. The van der Waals surface area contributed by atoms with E-state index < -0.39 is 0 Å². The van der Waals surface area contributed by atoms with Crippen LogP contribution < -0.4 is 0 Å². The molecule has 0 aromatic carbocycles. The summed E-state index contributed by atoms with van der Waals surface area (Å²) in [6, 6.07) is 0. The van der Waals surface area contributed by atoms with Gasteiger partial charge in [0.1, 0.15) is 0 Å². The van der Waals surface area contributed by atoms with E-state index in [0.717, 1.165) is 28.7 Å². The third kappa shape index (κ3) is 5.60. The molecular weight excluding hydrogens is 312 g/mol. The molecule has 0 aliphatic carbocycles. The van der Waals surface area contributed by atoms with Crippen LogP contribution in [-0.4, -0.2) is 43.3 Å². The van der Waals surface area contributed by atoms with Gasteiger partial charge < -0.3 is 14.2 Å². The highest BCUT2D eigenvalue weighted by Gasteiger charge is 2.11. The van der Waals surface area contributed by atoms with Gasteiger partial charge in [0.15, 0.2) is 0 Å². The molecule has 6 heteroatoms. The summed E-state index contributed by atoms with van der Waals surface area (Å²) in [6.45, 7) is 5.34. The van der Waals surface area contributed by atoms with Crippen molar-refractivity contribution >= 4 is 15.9 Å². The van der Waals surface area contributed by atoms with Crippen LogP contribution in [0.25, 0.3) is 0 Å². The van der Waals surface area contributed by atoms with Crippen LogP contribution in [0.3, 0.4) is 0 Å². The maximum absolute atomic E-state index is 5.64. The number of methoxy groups -OCH3 is 1. The van der Waals surface area contributed by atoms with Gasteiger partial charge in [-0.2, -0.15) is 5.10 Å². The average molecular weight is 335 g/mol. The summed E-state index contributed by atoms with van der Waals surface area (Å²) in [5.41, 5.74) is 2.15. The van der Waals surface area contributed by atoms with Gasteiger partial charge >= 0.3 is 0 Å². The standard InChI is InChI=1S/C13H23BrN2O3/c1-4-11-13(14)12(16(2)15-11)10-19-7-5-6-18-9-8-17-3/h4-10H2,1-3H3. The van der Waals surface area contributed by atoms with Crippen molar-refractivity contribution in [3.63, 3.8) is 0 Å². The Labute approximate surface area is 123 Å². The lowest BCUT2D eigenvalue weighted by atomic mass is 10.3. The molecule has 0 N–H and O–H groups in total. The van der Waals surface area contributed by atoms with E-state index in [2.05, 4.69) is 28.0 Å². The average Bonchev–Trinajstić information content (AvgIpc) is 2.68. The van der Waals surface area contributed by atoms with Crippen LogP contribution in [-0.2, 0) is 34.3 Å². The first-order chi connectivity index (χ1) is 9.20. The second-order valence-corrected chi connectivity index (χ2v) is 4.99. The SMILES string of the molecule is CCc1nn(C)c(COCCCOCCOC)c1Br. The van der Waals surface area contributed by atoms with Crippen LogP contribution in [0.4, 0.5) is 0 Å². The van der Waals surface area contributed by atoms with Gasteiger partial charge in [0.25, 0.3) is 0 Å². The van der Waals surface area contributed by atoms with Crippen LogP contribution >= 0.6 is 15.9 Å². The summed E-state index contributed by atoms with van der Waals surface area (Å²) in [5.74, 6) is 0. The summed E-state index contributed by atoms with van der Waals surface area (Å²) in [5, 5.41) is 4.43. The Hall–Kier alpha value is -0.430. The Balaban J connectivity index is 2.17. The summed E-state index contributed by atoms with van der Waals surface area (Å²) >= 11 is 3.57. The third-order valence-corrected chi connectivity index (χ3v) is 3.67. The van der Waals surface area contributed by atoms with Crippen LogP contribution in [0.2, 0.25) is 0 Å². The maximum Gasteiger partial charge on any atom is 0.0896 e. The molecule has 0 spiro atoms. The third-order valence-electron chi connectivity index (χ3n) is 2.75. The molecule has 1 aromatic heterocycles. The lowest BCUT2D eigenvalue weighted by Crippen LogP contribution is -2.07.